The lowest BCUT2D eigenvalue weighted by Gasteiger charge is -2.11. The van der Waals surface area contributed by atoms with Crippen LogP contribution in [0.15, 0.2) is 71.6 Å². The smallest absolute Gasteiger partial charge is 0.269 e. The van der Waals surface area contributed by atoms with Gasteiger partial charge in [-0.05, 0) is 60.7 Å². The van der Waals surface area contributed by atoms with Crippen LogP contribution in [-0.2, 0) is 6.54 Å². The largest absolute Gasteiger partial charge is 0.467 e. The third-order valence-electron chi connectivity index (χ3n) is 3.32. The number of carbonyl (C=O) groups is 1. The average Bonchev–Trinajstić information content (AvgIpc) is 3.31. The fraction of sp³-hybridized carbons (Fsp3) is 0.0588. The first kappa shape index (κ1) is 15.8. The highest BCUT2D eigenvalue weighted by molar-refractivity contribution is 7.80. The molecule has 1 amide bonds. The van der Waals surface area contributed by atoms with Gasteiger partial charge in [0.1, 0.15) is 5.76 Å². The summed E-state index contributed by atoms with van der Waals surface area (Å²) in [5, 5.41) is 3.24. The van der Waals surface area contributed by atoms with Crippen LogP contribution >= 0.6 is 12.2 Å². The van der Waals surface area contributed by atoms with Gasteiger partial charge < -0.3 is 14.3 Å². The summed E-state index contributed by atoms with van der Waals surface area (Å²) in [6.45, 7) is 0.445. The van der Waals surface area contributed by atoms with Crippen molar-refractivity contribution in [2.24, 2.45) is 0 Å². The number of aromatic nitrogens is 1. The summed E-state index contributed by atoms with van der Waals surface area (Å²) in [6, 6.07) is 14.8. The van der Waals surface area contributed by atoms with E-state index in [-0.39, 0.29) is 5.91 Å². The minimum atomic E-state index is -0.267. The molecule has 7 heteroatoms. The van der Waals surface area contributed by atoms with Crippen LogP contribution in [0.2, 0.25) is 0 Å². The first-order valence-corrected chi connectivity index (χ1v) is 7.73. The Morgan fingerprint density at radius 2 is 1.79 bits per heavy atom. The number of amides is 1. The third-order valence-corrected chi connectivity index (χ3v) is 3.57. The van der Waals surface area contributed by atoms with E-state index in [9.17, 15) is 4.79 Å². The fourth-order valence-electron chi connectivity index (χ4n) is 2.10. The molecule has 3 rings (SSSR count). The second-order valence-corrected chi connectivity index (χ2v) is 5.39. The lowest BCUT2D eigenvalue weighted by molar-refractivity contribution is 0.0943. The van der Waals surface area contributed by atoms with Gasteiger partial charge in [-0.1, -0.05) is 0 Å². The molecule has 0 aliphatic heterocycles. The normalized spacial score (nSPS) is 10.2. The Bertz CT molecular complexity index is 796. The van der Waals surface area contributed by atoms with Gasteiger partial charge in [0.2, 0.25) is 0 Å². The van der Waals surface area contributed by atoms with Crippen LogP contribution in [0.5, 0.6) is 0 Å². The van der Waals surface area contributed by atoms with Crippen molar-refractivity contribution in [3.63, 3.8) is 0 Å². The Morgan fingerprint density at radius 1 is 1.04 bits per heavy atom. The van der Waals surface area contributed by atoms with E-state index in [1.54, 1.807) is 24.5 Å². The van der Waals surface area contributed by atoms with E-state index in [4.69, 9.17) is 16.6 Å². The molecule has 0 aliphatic rings. The van der Waals surface area contributed by atoms with Gasteiger partial charge in [-0.3, -0.25) is 15.6 Å². The van der Waals surface area contributed by atoms with Gasteiger partial charge >= 0.3 is 0 Å². The highest BCUT2D eigenvalue weighted by Crippen LogP contribution is 2.09. The molecule has 122 valence electrons. The SMILES string of the molecule is O=C(NNC(=S)NCc1ccco1)c1ccc(-n2cccc2)cc1. The predicted octanol–water partition coefficient (Wildman–Crippen LogP) is 2.38. The van der Waals surface area contributed by atoms with Crippen molar-refractivity contribution in [1.82, 2.24) is 20.7 Å². The van der Waals surface area contributed by atoms with Crippen molar-refractivity contribution in [2.45, 2.75) is 6.54 Å². The van der Waals surface area contributed by atoms with E-state index in [0.717, 1.165) is 11.4 Å². The van der Waals surface area contributed by atoms with Gasteiger partial charge in [0.15, 0.2) is 5.11 Å². The van der Waals surface area contributed by atoms with Crippen molar-refractivity contribution in [2.75, 3.05) is 0 Å². The Labute approximate surface area is 144 Å². The molecule has 0 saturated carbocycles. The number of hydrazine groups is 1. The van der Waals surface area contributed by atoms with Gasteiger partial charge in [0, 0.05) is 23.6 Å². The van der Waals surface area contributed by atoms with Crippen molar-refractivity contribution in [3.05, 3.63) is 78.5 Å². The molecule has 1 aromatic carbocycles. The Morgan fingerprint density at radius 3 is 2.46 bits per heavy atom. The minimum absolute atomic E-state index is 0.267. The first-order chi connectivity index (χ1) is 11.7. The highest BCUT2D eigenvalue weighted by atomic mass is 32.1. The zero-order valence-corrected chi connectivity index (χ0v) is 13.5. The maximum atomic E-state index is 12.1. The molecule has 6 nitrogen and oxygen atoms in total. The second kappa shape index (κ2) is 7.47. The van der Waals surface area contributed by atoms with Crippen LogP contribution in [0.1, 0.15) is 16.1 Å². The summed E-state index contributed by atoms with van der Waals surface area (Å²) in [6.07, 6.45) is 5.48. The summed E-state index contributed by atoms with van der Waals surface area (Å²) in [4.78, 5) is 12.1. The monoisotopic (exact) mass is 340 g/mol. The van der Waals surface area contributed by atoms with Crippen LogP contribution in [-0.4, -0.2) is 15.6 Å². The summed E-state index contributed by atoms with van der Waals surface area (Å²) < 4.78 is 7.15. The number of nitrogens with zero attached hydrogens (tertiary/aromatic N) is 1. The number of rotatable bonds is 4. The molecule has 24 heavy (non-hydrogen) atoms. The molecule has 0 radical (unpaired) electrons. The lowest BCUT2D eigenvalue weighted by Crippen LogP contribution is -2.46. The molecule has 0 bridgehead atoms. The number of carbonyl (C=O) groups excluding carboxylic acids is 1. The van der Waals surface area contributed by atoms with E-state index in [2.05, 4.69) is 16.2 Å². The van der Waals surface area contributed by atoms with E-state index >= 15 is 0 Å². The standard InChI is InChI=1S/C17H16N4O2S/c22-16(19-20-17(24)18-12-15-4-3-11-23-15)13-5-7-14(8-6-13)21-9-1-2-10-21/h1-11H,12H2,(H,19,22)(H2,18,20,24). The molecular weight excluding hydrogens is 324 g/mol. The number of furan rings is 1. The molecule has 0 unspecified atom stereocenters. The molecule has 0 aliphatic carbocycles. The predicted molar refractivity (Wildman–Crippen MR) is 94.5 cm³/mol. The van der Waals surface area contributed by atoms with Crippen LogP contribution < -0.4 is 16.2 Å². The number of thiocarbonyl (C=S) groups is 1. The van der Waals surface area contributed by atoms with Crippen molar-refractivity contribution < 1.29 is 9.21 Å². The van der Waals surface area contributed by atoms with Gasteiger partial charge in [0.05, 0.1) is 12.8 Å². The van der Waals surface area contributed by atoms with Gasteiger partial charge in [-0.25, -0.2) is 0 Å². The minimum Gasteiger partial charge on any atom is -0.467 e. The molecule has 3 N–H and O–H groups in total. The lowest BCUT2D eigenvalue weighted by atomic mass is 10.2. The second-order valence-electron chi connectivity index (χ2n) is 4.98. The zero-order chi connectivity index (χ0) is 16.8. The Hall–Kier alpha value is -3.06. The summed E-state index contributed by atoms with van der Waals surface area (Å²) in [7, 11) is 0. The summed E-state index contributed by atoms with van der Waals surface area (Å²) in [5.41, 5.74) is 6.73. The summed E-state index contributed by atoms with van der Waals surface area (Å²) >= 11 is 5.09. The maximum Gasteiger partial charge on any atom is 0.269 e. The van der Waals surface area contributed by atoms with Crippen LogP contribution in [0.25, 0.3) is 5.69 Å². The zero-order valence-electron chi connectivity index (χ0n) is 12.7. The van der Waals surface area contributed by atoms with E-state index in [0.29, 0.717) is 17.2 Å². The first-order valence-electron chi connectivity index (χ1n) is 7.32. The van der Waals surface area contributed by atoms with E-state index in [1.807, 2.05) is 47.3 Å². The van der Waals surface area contributed by atoms with Crippen LogP contribution in [0, 0.1) is 0 Å². The molecule has 3 aromatic rings. The molecule has 2 aromatic heterocycles. The van der Waals surface area contributed by atoms with Crippen LogP contribution in [0.4, 0.5) is 0 Å². The van der Waals surface area contributed by atoms with Crippen molar-refractivity contribution in [3.8, 4) is 5.69 Å². The van der Waals surface area contributed by atoms with Gasteiger partial charge in [-0.15, -0.1) is 0 Å². The molecule has 0 fully saturated rings. The average molecular weight is 340 g/mol. The Kier molecular flexibility index (Phi) is 4.93. The quantitative estimate of drug-likeness (QED) is 0.502. The van der Waals surface area contributed by atoms with Crippen molar-refractivity contribution in [1.29, 1.82) is 0 Å². The topological polar surface area (TPSA) is 71.2 Å². The third kappa shape index (κ3) is 4.02. The molecule has 0 saturated heterocycles. The maximum absolute atomic E-state index is 12.1. The van der Waals surface area contributed by atoms with Crippen molar-refractivity contribution >= 4 is 23.2 Å². The van der Waals surface area contributed by atoms with Gasteiger partial charge in [0.25, 0.3) is 5.91 Å². The highest BCUT2D eigenvalue weighted by Gasteiger charge is 2.06. The summed E-state index contributed by atoms with van der Waals surface area (Å²) in [5.74, 6) is 0.488. The molecule has 0 atom stereocenters. The van der Waals surface area contributed by atoms with Crippen LogP contribution in [0.3, 0.4) is 0 Å². The van der Waals surface area contributed by atoms with E-state index < -0.39 is 0 Å². The number of hydrogen-bond acceptors (Lipinski definition) is 3. The molecule has 2 heterocycles. The van der Waals surface area contributed by atoms with Gasteiger partial charge in [-0.2, -0.15) is 0 Å². The number of hydrogen-bond donors (Lipinski definition) is 3. The van der Waals surface area contributed by atoms with E-state index in [1.165, 1.54) is 0 Å². The molecule has 0 spiro atoms. The molecular formula is C17H16N4O2S. The number of benzene rings is 1. The number of nitrogens with one attached hydrogen (secondary N) is 3. The fourth-order valence-corrected chi connectivity index (χ4v) is 2.23. The Balaban J connectivity index is 1.48.